The van der Waals surface area contributed by atoms with Gasteiger partial charge < -0.3 is 4.42 Å². The quantitative estimate of drug-likeness (QED) is 0.700. The van der Waals surface area contributed by atoms with E-state index in [0.29, 0.717) is 17.3 Å². The van der Waals surface area contributed by atoms with E-state index < -0.39 is 0 Å². The molecule has 1 aliphatic carbocycles. The first kappa shape index (κ1) is 16.2. The molecule has 1 fully saturated rings. The van der Waals surface area contributed by atoms with Crippen LogP contribution in [0, 0.1) is 29.1 Å². The van der Waals surface area contributed by atoms with Gasteiger partial charge >= 0.3 is 6.01 Å². The van der Waals surface area contributed by atoms with Crippen molar-refractivity contribution in [1.82, 2.24) is 4.98 Å². The lowest BCUT2D eigenvalue weighted by Gasteiger charge is -2.22. The average Bonchev–Trinajstić information content (AvgIpc) is 3.25. The SMILES string of the molecule is Cc1oc(N(CCC2CCCC2)c2ccc(C#N)cc2)nc1N=O. The Labute approximate surface area is 141 Å². The molecule has 0 amide bonds. The van der Waals surface area contributed by atoms with E-state index in [2.05, 4.69) is 16.2 Å². The van der Waals surface area contributed by atoms with Crippen LogP contribution in [0.5, 0.6) is 0 Å². The molecular formula is C18H20N4O2. The van der Waals surface area contributed by atoms with Crippen molar-refractivity contribution in [1.29, 1.82) is 5.26 Å². The summed E-state index contributed by atoms with van der Waals surface area (Å²) in [5.41, 5.74) is 1.50. The van der Waals surface area contributed by atoms with Gasteiger partial charge in [0.15, 0.2) is 5.76 Å². The minimum atomic E-state index is 0.0875. The molecule has 0 N–H and O–H groups in total. The van der Waals surface area contributed by atoms with Gasteiger partial charge in [-0.1, -0.05) is 25.7 Å². The first-order valence-corrected chi connectivity index (χ1v) is 8.29. The van der Waals surface area contributed by atoms with Crippen molar-refractivity contribution in [3.8, 4) is 6.07 Å². The lowest BCUT2D eigenvalue weighted by molar-refractivity contribution is 0.484. The molecule has 1 aromatic heterocycles. The summed E-state index contributed by atoms with van der Waals surface area (Å²) in [6, 6.07) is 9.79. The second-order valence-electron chi connectivity index (χ2n) is 6.22. The fourth-order valence-electron chi connectivity index (χ4n) is 3.24. The van der Waals surface area contributed by atoms with Crippen LogP contribution in [0.2, 0.25) is 0 Å². The van der Waals surface area contributed by atoms with E-state index in [4.69, 9.17) is 9.68 Å². The number of benzene rings is 1. The lowest BCUT2D eigenvalue weighted by Crippen LogP contribution is -2.20. The number of hydrogen-bond acceptors (Lipinski definition) is 6. The van der Waals surface area contributed by atoms with Gasteiger partial charge in [-0.05, 0) is 48.7 Å². The maximum atomic E-state index is 10.8. The number of oxazole rings is 1. The number of aryl methyl sites for hydroxylation is 1. The van der Waals surface area contributed by atoms with Gasteiger partial charge in [0, 0.05) is 12.2 Å². The number of nitroso groups, excluding NO2 is 1. The van der Waals surface area contributed by atoms with Gasteiger partial charge in [0.05, 0.1) is 11.6 Å². The van der Waals surface area contributed by atoms with Gasteiger partial charge in [-0.15, -0.1) is 4.91 Å². The second-order valence-corrected chi connectivity index (χ2v) is 6.22. The van der Waals surface area contributed by atoms with E-state index in [0.717, 1.165) is 24.6 Å². The molecule has 0 radical (unpaired) electrons. The zero-order chi connectivity index (χ0) is 16.9. The minimum Gasteiger partial charge on any atom is -0.426 e. The van der Waals surface area contributed by atoms with Crippen LogP contribution >= 0.6 is 0 Å². The van der Waals surface area contributed by atoms with Gasteiger partial charge in [-0.2, -0.15) is 10.2 Å². The van der Waals surface area contributed by atoms with Crippen LogP contribution in [0.15, 0.2) is 33.9 Å². The van der Waals surface area contributed by atoms with Gasteiger partial charge in [0.2, 0.25) is 5.82 Å². The van der Waals surface area contributed by atoms with Crippen LogP contribution in [0.4, 0.5) is 17.5 Å². The van der Waals surface area contributed by atoms with E-state index in [1.165, 1.54) is 25.7 Å². The van der Waals surface area contributed by atoms with E-state index in [1.807, 2.05) is 17.0 Å². The van der Waals surface area contributed by atoms with Crippen LogP contribution in [0.1, 0.15) is 43.4 Å². The molecule has 6 heteroatoms. The number of anilines is 2. The summed E-state index contributed by atoms with van der Waals surface area (Å²) >= 11 is 0. The van der Waals surface area contributed by atoms with Crippen molar-refractivity contribution in [3.05, 3.63) is 40.5 Å². The number of nitrogens with zero attached hydrogens (tertiary/aromatic N) is 4. The Balaban J connectivity index is 1.86. The summed E-state index contributed by atoms with van der Waals surface area (Å²) in [5, 5.41) is 11.9. The molecule has 2 aromatic rings. The molecule has 1 heterocycles. The zero-order valence-electron chi connectivity index (χ0n) is 13.7. The molecule has 3 rings (SSSR count). The molecule has 0 unspecified atom stereocenters. The summed E-state index contributed by atoms with van der Waals surface area (Å²) in [7, 11) is 0. The number of nitriles is 1. The fourth-order valence-corrected chi connectivity index (χ4v) is 3.24. The predicted octanol–water partition coefficient (Wildman–Crippen LogP) is 4.97. The molecule has 0 saturated heterocycles. The molecule has 24 heavy (non-hydrogen) atoms. The highest BCUT2D eigenvalue weighted by molar-refractivity contribution is 5.59. The average molecular weight is 324 g/mol. The molecule has 1 aliphatic rings. The summed E-state index contributed by atoms with van der Waals surface area (Å²) in [6.45, 7) is 2.44. The maximum Gasteiger partial charge on any atom is 0.304 e. The summed E-state index contributed by atoms with van der Waals surface area (Å²) in [6.07, 6.45) is 6.20. The van der Waals surface area contributed by atoms with Crippen LogP contribution in [0.25, 0.3) is 0 Å². The van der Waals surface area contributed by atoms with Gasteiger partial charge in [-0.3, -0.25) is 4.90 Å². The lowest BCUT2D eigenvalue weighted by atomic mass is 10.0. The fraction of sp³-hybridized carbons (Fsp3) is 0.444. The molecule has 1 saturated carbocycles. The summed E-state index contributed by atoms with van der Waals surface area (Å²) < 4.78 is 5.65. The zero-order valence-corrected chi connectivity index (χ0v) is 13.7. The van der Waals surface area contributed by atoms with Crippen molar-refractivity contribution < 1.29 is 4.42 Å². The van der Waals surface area contributed by atoms with Crippen molar-refractivity contribution in [2.24, 2.45) is 11.1 Å². The second kappa shape index (κ2) is 7.26. The van der Waals surface area contributed by atoms with Gasteiger partial charge in [-0.25, -0.2) is 0 Å². The van der Waals surface area contributed by atoms with E-state index in [9.17, 15) is 4.91 Å². The number of aromatic nitrogens is 1. The Morgan fingerprint density at radius 1 is 1.33 bits per heavy atom. The van der Waals surface area contributed by atoms with Crippen LogP contribution < -0.4 is 4.90 Å². The van der Waals surface area contributed by atoms with Crippen LogP contribution in [0.3, 0.4) is 0 Å². The molecule has 1 aromatic carbocycles. The highest BCUT2D eigenvalue weighted by atomic mass is 16.4. The molecule has 0 atom stereocenters. The maximum absolute atomic E-state index is 10.8. The van der Waals surface area contributed by atoms with Crippen LogP contribution in [-0.2, 0) is 0 Å². The normalized spacial score (nSPS) is 14.5. The van der Waals surface area contributed by atoms with Crippen molar-refractivity contribution in [3.63, 3.8) is 0 Å². The first-order chi connectivity index (χ1) is 11.7. The smallest absolute Gasteiger partial charge is 0.304 e. The summed E-state index contributed by atoms with van der Waals surface area (Å²) in [5.74, 6) is 1.23. The topological polar surface area (TPSA) is 82.5 Å². The third-order valence-electron chi connectivity index (χ3n) is 4.62. The largest absolute Gasteiger partial charge is 0.426 e. The molecular weight excluding hydrogens is 304 g/mol. The third-order valence-corrected chi connectivity index (χ3v) is 4.62. The van der Waals surface area contributed by atoms with Gasteiger partial charge in [0.25, 0.3) is 0 Å². The molecule has 0 aliphatic heterocycles. The molecule has 0 spiro atoms. The highest BCUT2D eigenvalue weighted by Gasteiger charge is 2.21. The Kier molecular flexibility index (Phi) is 4.90. The van der Waals surface area contributed by atoms with Crippen molar-refractivity contribution in [2.45, 2.75) is 39.0 Å². The van der Waals surface area contributed by atoms with Crippen molar-refractivity contribution >= 4 is 17.5 Å². The van der Waals surface area contributed by atoms with E-state index in [1.54, 1.807) is 19.1 Å². The predicted molar refractivity (Wildman–Crippen MR) is 91.4 cm³/mol. The van der Waals surface area contributed by atoms with Crippen LogP contribution in [-0.4, -0.2) is 11.5 Å². The Bertz CT molecular complexity index is 739. The molecule has 0 bridgehead atoms. The summed E-state index contributed by atoms with van der Waals surface area (Å²) in [4.78, 5) is 17.0. The minimum absolute atomic E-state index is 0.0875. The highest BCUT2D eigenvalue weighted by Crippen LogP contribution is 2.33. The molecule has 124 valence electrons. The van der Waals surface area contributed by atoms with E-state index in [-0.39, 0.29) is 5.82 Å². The van der Waals surface area contributed by atoms with Gasteiger partial charge in [0.1, 0.15) is 0 Å². The number of hydrogen-bond donors (Lipinski definition) is 0. The van der Waals surface area contributed by atoms with E-state index >= 15 is 0 Å². The Morgan fingerprint density at radius 2 is 2.04 bits per heavy atom. The van der Waals surface area contributed by atoms with Crippen molar-refractivity contribution in [2.75, 3.05) is 11.4 Å². The monoisotopic (exact) mass is 324 g/mol. The Hall–Kier alpha value is -2.68. The molecule has 6 nitrogen and oxygen atoms in total. The number of rotatable bonds is 6. The standard InChI is InChI=1S/C18H20N4O2/c1-13-17(21-23)20-18(24-13)22(11-10-14-4-2-3-5-14)16-8-6-15(12-19)7-9-16/h6-9,14H,2-5,10-11H2,1H3. The first-order valence-electron chi connectivity index (χ1n) is 8.29. The Morgan fingerprint density at radius 3 is 2.62 bits per heavy atom. The third kappa shape index (κ3) is 3.46.